The van der Waals surface area contributed by atoms with Crippen LogP contribution in [-0.2, 0) is 16.0 Å². The predicted molar refractivity (Wildman–Crippen MR) is 126 cm³/mol. The summed E-state index contributed by atoms with van der Waals surface area (Å²) in [7, 11) is 3.17. The monoisotopic (exact) mass is 445 g/mol. The van der Waals surface area contributed by atoms with Gasteiger partial charge in [-0.2, -0.15) is 0 Å². The lowest BCUT2D eigenvalue weighted by atomic mass is 9.88. The predicted octanol–water partition coefficient (Wildman–Crippen LogP) is 2.98. The summed E-state index contributed by atoms with van der Waals surface area (Å²) in [5, 5.41) is 17.1. The van der Waals surface area contributed by atoms with Gasteiger partial charge >= 0.3 is 0 Å². The van der Waals surface area contributed by atoms with Crippen molar-refractivity contribution >= 4 is 11.8 Å². The van der Waals surface area contributed by atoms with Crippen molar-refractivity contribution < 1.29 is 19.4 Å². The summed E-state index contributed by atoms with van der Waals surface area (Å²) in [6.45, 7) is 8.00. The SMILES string of the molecule is CC.CC.COc1ccc(CC2C3=C(CC(=O)N(C)C3=O)NC2NC2CCCC2O)cc1. The van der Waals surface area contributed by atoms with Crippen molar-refractivity contribution in [1.82, 2.24) is 15.5 Å². The topological polar surface area (TPSA) is 90.9 Å². The van der Waals surface area contributed by atoms with Crippen LogP contribution in [0.3, 0.4) is 0 Å². The van der Waals surface area contributed by atoms with Crippen molar-refractivity contribution in [3.8, 4) is 5.75 Å². The Bertz CT molecular complexity index is 806. The largest absolute Gasteiger partial charge is 0.497 e. The molecule has 0 radical (unpaired) electrons. The first kappa shape index (κ1) is 25.9. The Morgan fingerprint density at radius 3 is 2.34 bits per heavy atom. The number of nitrogens with zero attached hydrogens (tertiary/aromatic N) is 1. The standard InChI is InChI=1S/C21H27N3O4.2C2H6/c1-24-18(26)11-16-19(21(24)27)14(10-12-6-8-13(28-2)9-7-12)20(23-16)22-15-4-3-5-17(15)25;2*1-2/h6-9,14-15,17,20,22-23,25H,3-5,10-11H2,1-2H3;2*1-2H3. The molecule has 1 saturated carbocycles. The molecule has 0 saturated heterocycles. The van der Waals surface area contributed by atoms with Crippen LogP contribution in [0.4, 0.5) is 0 Å². The number of aliphatic hydroxyl groups is 1. The molecule has 3 aliphatic rings. The molecule has 1 aliphatic carbocycles. The smallest absolute Gasteiger partial charge is 0.258 e. The molecule has 4 atom stereocenters. The summed E-state index contributed by atoms with van der Waals surface area (Å²) in [5.74, 6) is 0.254. The van der Waals surface area contributed by atoms with E-state index in [1.165, 1.54) is 4.90 Å². The number of methoxy groups -OCH3 is 1. The van der Waals surface area contributed by atoms with E-state index in [-0.39, 0.29) is 42.5 Å². The lowest BCUT2D eigenvalue weighted by Gasteiger charge is -2.28. The molecule has 32 heavy (non-hydrogen) atoms. The van der Waals surface area contributed by atoms with E-state index in [2.05, 4.69) is 10.6 Å². The highest BCUT2D eigenvalue weighted by atomic mass is 16.5. The second-order valence-corrected chi connectivity index (χ2v) is 7.88. The van der Waals surface area contributed by atoms with E-state index in [9.17, 15) is 14.7 Å². The summed E-state index contributed by atoms with van der Waals surface area (Å²) < 4.78 is 5.23. The number of nitrogens with one attached hydrogen (secondary N) is 2. The highest BCUT2D eigenvalue weighted by Crippen LogP contribution is 2.35. The molecular formula is C25H39N3O4. The molecule has 4 rings (SSSR count). The average molecular weight is 446 g/mol. The van der Waals surface area contributed by atoms with E-state index in [0.717, 1.165) is 36.3 Å². The van der Waals surface area contributed by atoms with Gasteiger partial charge in [-0.1, -0.05) is 39.8 Å². The minimum Gasteiger partial charge on any atom is -0.497 e. The number of hydrogen-bond donors (Lipinski definition) is 3. The van der Waals surface area contributed by atoms with Crippen LogP contribution in [0.2, 0.25) is 0 Å². The zero-order valence-corrected chi connectivity index (χ0v) is 20.3. The van der Waals surface area contributed by atoms with E-state index in [0.29, 0.717) is 12.0 Å². The third-order valence-electron chi connectivity index (χ3n) is 6.15. The molecule has 4 unspecified atom stereocenters. The van der Waals surface area contributed by atoms with Crippen molar-refractivity contribution in [2.24, 2.45) is 5.92 Å². The molecule has 0 aromatic heterocycles. The fourth-order valence-electron chi connectivity index (χ4n) is 4.51. The van der Waals surface area contributed by atoms with Crippen molar-refractivity contribution in [3.63, 3.8) is 0 Å². The maximum absolute atomic E-state index is 12.9. The molecule has 1 aromatic rings. The zero-order chi connectivity index (χ0) is 23.8. The Hall–Kier alpha value is -2.38. The molecule has 7 heteroatoms. The number of aliphatic hydroxyl groups excluding tert-OH is 1. The molecule has 0 spiro atoms. The van der Waals surface area contributed by atoms with Crippen LogP contribution >= 0.6 is 0 Å². The molecule has 7 nitrogen and oxygen atoms in total. The van der Waals surface area contributed by atoms with Crippen LogP contribution in [0.1, 0.15) is 58.9 Å². The van der Waals surface area contributed by atoms with Gasteiger partial charge in [-0.25, -0.2) is 0 Å². The zero-order valence-electron chi connectivity index (χ0n) is 20.3. The Kier molecular flexibility index (Phi) is 9.72. The summed E-state index contributed by atoms with van der Waals surface area (Å²) in [6.07, 6.45) is 3.00. The molecule has 1 fully saturated rings. The molecule has 1 aromatic carbocycles. The Morgan fingerprint density at radius 1 is 1.12 bits per heavy atom. The fourth-order valence-corrected chi connectivity index (χ4v) is 4.51. The fraction of sp³-hybridized carbons (Fsp3) is 0.600. The second kappa shape index (κ2) is 12.0. The molecule has 3 N–H and O–H groups in total. The summed E-state index contributed by atoms with van der Waals surface area (Å²) >= 11 is 0. The van der Waals surface area contributed by atoms with Crippen molar-refractivity contribution in [2.75, 3.05) is 14.2 Å². The van der Waals surface area contributed by atoms with Gasteiger partial charge in [0.15, 0.2) is 0 Å². The van der Waals surface area contributed by atoms with E-state index in [1.54, 1.807) is 14.2 Å². The van der Waals surface area contributed by atoms with Crippen LogP contribution < -0.4 is 15.4 Å². The number of rotatable bonds is 5. The minimum absolute atomic E-state index is 0.000698. The van der Waals surface area contributed by atoms with Crippen LogP contribution in [0.25, 0.3) is 0 Å². The Balaban J connectivity index is 0.000000860. The number of carbonyl (C=O) groups excluding carboxylic acids is 2. The Morgan fingerprint density at radius 2 is 1.78 bits per heavy atom. The van der Waals surface area contributed by atoms with Gasteiger partial charge < -0.3 is 15.2 Å². The second-order valence-electron chi connectivity index (χ2n) is 7.88. The van der Waals surface area contributed by atoms with Gasteiger partial charge in [-0.3, -0.25) is 19.8 Å². The summed E-state index contributed by atoms with van der Waals surface area (Å²) in [6, 6.07) is 7.83. The van der Waals surface area contributed by atoms with E-state index >= 15 is 0 Å². The van der Waals surface area contributed by atoms with Crippen molar-refractivity contribution in [2.45, 2.75) is 78.1 Å². The minimum atomic E-state index is -0.374. The lowest BCUT2D eigenvalue weighted by molar-refractivity contribution is -0.141. The number of likely N-dealkylation sites (N-methyl/N-ethyl adjacent to an activating group) is 1. The first-order chi connectivity index (χ1) is 15.5. The maximum atomic E-state index is 12.9. The first-order valence-corrected chi connectivity index (χ1v) is 11.9. The number of amides is 2. The van der Waals surface area contributed by atoms with Gasteiger partial charge in [-0.05, 0) is 43.4 Å². The van der Waals surface area contributed by atoms with Gasteiger partial charge in [0.2, 0.25) is 5.91 Å². The third-order valence-corrected chi connectivity index (χ3v) is 6.15. The summed E-state index contributed by atoms with van der Waals surface area (Å²) in [4.78, 5) is 26.2. The van der Waals surface area contributed by atoms with Gasteiger partial charge in [0.1, 0.15) is 5.75 Å². The van der Waals surface area contributed by atoms with E-state index < -0.39 is 0 Å². The first-order valence-electron chi connectivity index (χ1n) is 11.9. The van der Waals surface area contributed by atoms with Crippen molar-refractivity contribution in [3.05, 3.63) is 41.1 Å². The van der Waals surface area contributed by atoms with Crippen LogP contribution in [-0.4, -0.2) is 54.3 Å². The lowest BCUT2D eigenvalue weighted by Crippen LogP contribution is -2.51. The number of ether oxygens (including phenoxy) is 1. The Labute approximate surface area is 192 Å². The van der Waals surface area contributed by atoms with Crippen LogP contribution in [0.5, 0.6) is 5.75 Å². The van der Waals surface area contributed by atoms with Crippen molar-refractivity contribution in [1.29, 1.82) is 0 Å². The molecule has 178 valence electrons. The van der Waals surface area contributed by atoms with E-state index in [1.807, 2.05) is 52.0 Å². The van der Waals surface area contributed by atoms with Gasteiger partial charge in [0, 0.05) is 30.3 Å². The normalized spacial score (nSPS) is 26.5. The molecule has 2 amide bonds. The number of benzene rings is 1. The van der Waals surface area contributed by atoms with Crippen LogP contribution in [0, 0.1) is 5.92 Å². The summed E-state index contributed by atoms with van der Waals surface area (Å²) in [5.41, 5.74) is 2.49. The quantitative estimate of drug-likeness (QED) is 0.604. The highest BCUT2D eigenvalue weighted by molar-refractivity contribution is 6.09. The molecule has 2 heterocycles. The van der Waals surface area contributed by atoms with Gasteiger partial charge in [-0.15, -0.1) is 0 Å². The molecule has 0 bridgehead atoms. The number of hydrogen-bond acceptors (Lipinski definition) is 6. The number of carbonyl (C=O) groups is 2. The molecule has 2 aliphatic heterocycles. The van der Waals surface area contributed by atoms with Gasteiger partial charge in [0.25, 0.3) is 5.91 Å². The van der Waals surface area contributed by atoms with Crippen LogP contribution in [0.15, 0.2) is 35.5 Å². The third kappa shape index (κ3) is 5.51. The highest BCUT2D eigenvalue weighted by Gasteiger charge is 2.44. The average Bonchev–Trinajstić information content (AvgIpc) is 3.38. The maximum Gasteiger partial charge on any atom is 0.258 e. The number of imide groups is 1. The molecular weight excluding hydrogens is 406 g/mol. The van der Waals surface area contributed by atoms with Gasteiger partial charge in [0.05, 0.1) is 25.8 Å². The van der Waals surface area contributed by atoms with E-state index in [4.69, 9.17) is 4.74 Å².